The van der Waals surface area contributed by atoms with Crippen LogP contribution < -0.4 is 0 Å². The minimum Gasteiger partial charge on any atom is -0.298 e. The Morgan fingerprint density at radius 3 is 2.83 bits per heavy atom. The first-order chi connectivity index (χ1) is 5.65. The monoisotopic (exact) mass is 167 g/mol. The zero-order valence-electron chi connectivity index (χ0n) is 7.97. The van der Waals surface area contributed by atoms with Gasteiger partial charge in [-0.05, 0) is 25.3 Å². The summed E-state index contributed by atoms with van der Waals surface area (Å²) in [6.07, 6.45) is 3.33. The van der Waals surface area contributed by atoms with E-state index in [0.29, 0.717) is 11.7 Å². The summed E-state index contributed by atoms with van der Waals surface area (Å²) in [4.78, 5) is 13.7. The molecule has 0 aliphatic carbocycles. The zero-order valence-corrected chi connectivity index (χ0v) is 7.97. The average molecular weight is 167 g/mol. The maximum atomic E-state index is 11.3. The van der Waals surface area contributed by atoms with E-state index in [1.54, 1.807) is 0 Å². The van der Waals surface area contributed by atoms with Crippen LogP contribution in [0.25, 0.3) is 0 Å². The molecule has 2 saturated heterocycles. The highest BCUT2D eigenvalue weighted by Crippen LogP contribution is 2.42. The van der Waals surface area contributed by atoms with E-state index < -0.39 is 0 Å². The Kier molecular flexibility index (Phi) is 1.76. The molecule has 12 heavy (non-hydrogen) atoms. The second-order valence-electron chi connectivity index (χ2n) is 4.50. The summed E-state index contributed by atoms with van der Waals surface area (Å²) in [7, 11) is 0. The van der Waals surface area contributed by atoms with Crippen molar-refractivity contribution < 1.29 is 4.79 Å². The standard InChI is InChI=1S/C10H17NO/c1-8(2)10-4-3-5-11(10)7-9(12)6-10/h8H,3-7H2,1-2H3. The summed E-state index contributed by atoms with van der Waals surface area (Å²) in [5.41, 5.74) is 0.261. The van der Waals surface area contributed by atoms with Gasteiger partial charge in [-0.2, -0.15) is 0 Å². The number of carbonyl (C=O) groups is 1. The Bertz CT molecular complexity index is 212. The number of carbonyl (C=O) groups excluding carboxylic acids is 1. The molecule has 2 rings (SSSR count). The van der Waals surface area contributed by atoms with Crippen molar-refractivity contribution in [3.8, 4) is 0 Å². The molecule has 0 aromatic heterocycles. The van der Waals surface area contributed by atoms with Crippen LogP contribution in [0.5, 0.6) is 0 Å². The highest BCUT2D eigenvalue weighted by molar-refractivity contribution is 5.84. The summed E-state index contributed by atoms with van der Waals surface area (Å²) in [6.45, 7) is 6.36. The SMILES string of the molecule is CC(C)C12CCCN1CC(=O)C2. The highest BCUT2D eigenvalue weighted by Gasteiger charge is 2.49. The third kappa shape index (κ3) is 0.939. The van der Waals surface area contributed by atoms with Crippen LogP contribution in [0.2, 0.25) is 0 Å². The van der Waals surface area contributed by atoms with E-state index in [0.717, 1.165) is 19.5 Å². The van der Waals surface area contributed by atoms with Gasteiger partial charge >= 0.3 is 0 Å². The first kappa shape index (κ1) is 8.24. The lowest BCUT2D eigenvalue weighted by Gasteiger charge is -2.35. The van der Waals surface area contributed by atoms with Gasteiger partial charge in [-0.1, -0.05) is 13.8 Å². The lowest BCUT2D eigenvalue weighted by atomic mass is 9.82. The third-order valence-electron chi connectivity index (χ3n) is 3.61. The second kappa shape index (κ2) is 2.56. The lowest BCUT2D eigenvalue weighted by Crippen LogP contribution is -2.42. The second-order valence-corrected chi connectivity index (χ2v) is 4.50. The number of ketones is 1. The van der Waals surface area contributed by atoms with Gasteiger partial charge in [0.2, 0.25) is 0 Å². The molecular weight excluding hydrogens is 150 g/mol. The average Bonchev–Trinajstić information content (AvgIpc) is 2.42. The van der Waals surface area contributed by atoms with Crippen LogP contribution in [-0.4, -0.2) is 29.3 Å². The van der Waals surface area contributed by atoms with E-state index in [4.69, 9.17) is 0 Å². The van der Waals surface area contributed by atoms with Crippen molar-refractivity contribution in [3.63, 3.8) is 0 Å². The maximum absolute atomic E-state index is 11.3. The molecule has 2 aliphatic rings. The molecule has 0 spiro atoms. The Hall–Kier alpha value is -0.370. The third-order valence-corrected chi connectivity index (χ3v) is 3.61. The van der Waals surface area contributed by atoms with Gasteiger partial charge in [0, 0.05) is 12.0 Å². The molecule has 0 saturated carbocycles. The number of Topliss-reactive ketones (excluding diaryl/α,β-unsaturated/α-hetero) is 1. The molecule has 0 N–H and O–H groups in total. The van der Waals surface area contributed by atoms with Gasteiger partial charge in [0.05, 0.1) is 6.54 Å². The van der Waals surface area contributed by atoms with Crippen molar-refractivity contribution in [2.45, 2.75) is 38.6 Å². The lowest BCUT2D eigenvalue weighted by molar-refractivity contribution is -0.117. The molecule has 68 valence electrons. The van der Waals surface area contributed by atoms with Crippen molar-refractivity contribution in [2.24, 2.45) is 5.92 Å². The Balaban J connectivity index is 2.26. The van der Waals surface area contributed by atoms with Crippen LogP contribution in [0.1, 0.15) is 33.1 Å². The van der Waals surface area contributed by atoms with Gasteiger partial charge < -0.3 is 0 Å². The molecule has 1 unspecified atom stereocenters. The van der Waals surface area contributed by atoms with Gasteiger partial charge in [-0.15, -0.1) is 0 Å². The highest BCUT2D eigenvalue weighted by atomic mass is 16.1. The number of hydrogen-bond donors (Lipinski definition) is 0. The van der Waals surface area contributed by atoms with Crippen molar-refractivity contribution >= 4 is 5.78 Å². The molecule has 1 atom stereocenters. The first-order valence-electron chi connectivity index (χ1n) is 4.92. The van der Waals surface area contributed by atoms with Crippen LogP contribution in [0.3, 0.4) is 0 Å². The predicted molar refractivity (Wildman–Crippen MR) is 48.0 cm³/mol. The molecule has 2 heterocycles. The fourth-order valence-corrected chi connectivity index (χ4v) is 2.86. The van der Waals surface area contributed by atoms with Crippen LogP contribution in [0.4, 0.5) is 0 Å². The molecule has 0 aromatic rings. The van der Waals surface area contributed by atoms with E-state index >= 15 is 0 Å². The Morgan fingerprint density at radius 2 is 2.25 bits per heavy atom. The molecule has 2 fully saturated rings. The first-order valence-corrected chi connectivity index (χ1v) is 4.92. The Labute approximate surface area is 73.9 Å². The smallest absolute Gasteiger partial charge is 0.148 e. The number of hydrogen-bond acceptors (Lipinski definition) is 2. The van der Waals surface area contributed by atoms with Crippen molar-refractivity contribution in [3.05, 3.63) is 0 Å². The summed E-state index contributed by atoms with van der Waals surface area (Å²) in [5, 5.41) is 0. The molecule has 2 heteroatoms. The fraction of sp³-hybridized carbons (Fsp3) is 0.900. The molecule has 0 bridgehead atoms. The van der Waals surface area contributed by atoms with E-state index in [1.165, 1.54) is 12.8 Å². The van der Waals surface area contributed by atoms with Gasteiger partial charge in [-0.25, -0.2) is 0 Å². The topological polar surface area (TPSA) is 20.3 Å². The summed E-state index contributed by atoms with van der Waals surface area (Å²) >= 11 is 0. The van der Waals surface area contributed by atoms with Gasteiger partial charge in [0.15, 0.2) is 0 Å². The van der Waals surface area contributed by atoms with Crippen molar-refractivity contribution in [2.75, 3.05) is 13.1 Å². The molecule has 0 radical (unpaired) electrons. The van der Waals surface area contributed by atoms with Crippen LogP contribution in [-0.2, 0) is 4.79 Å². The van der Waals surface area contributed by atoms with E-state index in [9.17, 15) is 4.79 Å². The Morgan fingerprint density at radius 1 is 1.50 bits per heavy atom. The van der Waals surface area contributed by atoms with Crippen LogP contribution in [0.15, 0.2) is 0 Å². The van der Waals surface area contributed by atoms with Gasteiger partial charge in [0.1, 0.15) is 5.78 Å². The molecule has 0 aromatic carbocycles. The van der Waals surface area contributed by atoms with E-state index in [-0.39, 0.29) is 5.54 Å². The maximum Gasteiger partial charge on any atom is 0.148 e. The van der Waals surface area contributed by atoms with E-state index in [1.807, 2.05) is 0 Å². The van der Waals surface area contributed by atoms with Crippen molar-refractivity contribution in [1.82, 2.24) is 4.90 Å². The molecule has 0 amide bonds. The predicted octanol–water partition coefficient (Wildman–Crippen LogP) is 1.45. The van der Waals surface area contributed by atoms with Gasteiger partial charge in [-0.3, -0.25) is 9.69 Å². The minimum atomic E-state index is 0.261. The summed E-state index contributed by atoms with van der Waals surface area (Å²) < 4.78 is 0. The minimum absolute atomic E-state index is 0.261. The number of nitrogens with zero attached hydrogens (tertiary/aromatic N) is 1. The van der Waals surface area contributed by atoms with Crippen molar-refractivity contribution in [1.29, 1.82) is 0 Å². The van der Waals surface area contributed by atoms with Gasteiger partial charge in [0.25, 0.3) is 0 Å². The molecule has 2 nitrogen and oxygen atoms in total. The number of rotatable bonds is 1. The molecule has 2 aliphatic heterocycles. The number of fused-ring (bicyclic) bond motifs is 1. The summed E-state index contributed by atoms with van der Waals surface area (Å²) in [5.74, 6) is 1.08. The molecular formula is C10H17NO. The fourth-order valence-electron chi connectivity index (χ4n) is 2.86. The quantitative estimate of drug-likeness (QED) is 0.589. The van der Waals surface area contributed by atoms with Crippen LogP contribution >= 0.6 is 0 Å². The van der Waals surface area contributed by atoms with Crippen LogP contribution in [0, 0.1) is 5.92 Å². The summed E-state index contributed by atoms with van der Waals surface area (Å²) in [6, 6.07) is 0. The normalized spacial score (nSPS) is 36.4. The van der Waals surface area contributed by atoms with E-state index in [2.05, 4.69) is 18.7 Å². The largest absolute Gasteiger partial charge is 0.298 e. The zero-order chi connectivity index (χ0) is 8.77.